The van der Waals surface area contributed by atoms with Crippen LogP contribution in [0.2, 0.25) is 0 Å². The van der Waals surface area contributed by atoms with Crippen molar-refractivity contribution in [3.05, 3.63) is 120 Å². The first kappa shape index (κ1) is 27.3. The quantitative estimate of drug-likeness (QED) is 0.228. The van der Waals surface area contributed by atoms with Gasteiger partial charge in [-0.3, -0.25) is 9.59 Å². The number of nitrogens with zero attached hydrogens (tertiary/aromatic N) is 3. The van der Waals surface area contributed by atoms with E-state index in [1.807, 2.05) is 43.3 Å². The smallest absolute Gasteiger partial charge is 0.322 e. The van der Waals surface area contributed by atoms with Crippen LogP contribution < -0.4 is 10.3 Å². The number of carbonyl (C=O) groups excluding carboxylic acids is 2. The maximum Gasteiger partial charge on any atom is 0.408 e. The summed E-state index contributed by atoms with van der Waals surface area (Å²) in [4.78, 5) is 31.3. The number of nitrogens with one attached hydrogen (secondary N) is 1. The lowest BCUT2D eigenvalue weighted by Gasteiger charge is -2.29. The number of aryl methyl sites for hydroxylation is 1. The van der Waals surface area contributed by atoms with Crippen molar-refractivity contribution >= 4 is 28.5 Å². The Morgan fingerprint density at radius 1 is 0.929 bits per heavy atom. The van der Waals surface area contributed by atoms with Crippen LogP contribution in [0.1, 0.15) is 46.3 Å². The molecule has 2 amide bonds. The molecular formula is C33H27F3N4O2. The van der Waals surface area contributed by atoms with Gasteiger partial charge < -0.3 is 5.32 Å². The van der Waals surface area contributed by atoms with Gasteiger partial charge in [0.1, 0.15) is 12.9 Å². The molecule has 6 rings (SSSR count). The fourth-order valence-corrected chi connectivity index (χ4v) is 5.72. The maximum atomic E-state index is 14.3. The van der Waals surface area contributed by atoms with Gasteiger partial charge in [-0.25, -0.2) is 14.7 Å². The summed E-state index contributed by atoms with van der Waals surface area (Å²) < 4.78 is 43.3. The van der Waals surface area contributed by atoms with Crippen LogP contribution >= 0.6 is 0 Å². The second-order valence-corrected chi connectivity index (χ2v) is 10.3. The third-order valence-corrected chi connectivity index (χ3v) is 7.48. The Labute approximate surface area is 240 Å². The molecule has 1 atom stereocenters. The van der Waals surface area contributed by atoms with Crippen molar-refractivity contribution in [2.24, 2.45) is 0 Å². The first-order valence-corrected chi connectivity index (χ1v) is 13.7. The molecule has 1 N–H and O–H groups in total. The molecule has 9 heteroatoms. The molecule has 6 nitrogen and oxygen atoms in total. The molecule has 0 radical (unpaired) electrons. The van der Waals surface area contributed by atoms with E-state index >= 15 is 0 Å². The number of aromatic nitrogens is 2. The van der Waals surface area contributed by atoms with Gasteiger partial charge in [0.15, 0.2) is 0 Å². The number of rotatable bonds is 7. The zero-order chi connectivity index (χ0) is 29.4. The summed E-state index contributed by atoms with van der Waals surface area (Å²) in [5.74, 6) is -1.92. The Hall–Kier alpha value is -4.92. The Morgan fingerprint density at radius 2 is 1.67 bits per heavy atom. The average molecular weight is 569 g/mol. The Kier molecular flexibility index (Phi) is 7.02. The molecule has 5 aromatic rings. The van der Waals surface area contributed by atoms with Gasteiger partial charge in [-0.2, -0.15) is 13.2 Å². The summed E-state index contributed by atoms with van der Waals surface area (Å²) in [6, 6.07) is 26.5. The molecule has 1 aliphatic rings. The summed E-state index contributed by atoms with van der Waals surface area (Å²) in [5.41, 5.74) is 5.64. The molecule has 0 fully saturated rings. The monoisotopic (exact) mass is 568 g/mol. The normalized spacial score (nSPS) is 14.0. The molecule has 1 heterocycles. The van der Waals surface area contributed by atoms with Gasteiger partial charge in [-0.15, -0.1) is 0 Å². The van der Waals surface area contributed by atoms with Crippen LogP contribution in [0.5, 0.6) is 0 Å². The number of halogens is 3. The fourth-order valence-electron chi connectivity index (χ4n) is 5.72. The molecular weight excluding hydrogens is 541 g/mol. The summed E-state index contributed by atoms with van der Waals surface area (Å²) in [5, 5.41) is 3.52. The van der Waals surface area contributed by atoms with E-state index in [1.165, 1.54) is 6.33 Å². The number of imidazole rings is 1. The molecule has 0 aliphatic heterocycles. The van der Waals surface area contributed by atoms with Gasteiger partial charge in [0.05, 0.1) is 17.0 Å². The fraction of sp³-hybridized carbons (Fsp3) is 0.182. The van der Waals surface area contributed by atoms with E-state index in [-0.39, 0.29) is 5.91 Å². The Bertz CT molecular complexity index is 1800. The summed E-state index contributed by atoms with van der Waals surface area (Å²) in [7, 11) is 0. The molecule has 212 valence electrons. The van der Waals surface area contributed by atoms with Gasteiger partial charge in [0.25, 0.3) is 11.8 Å². The molecule has 4 aromatic carbocycles. The SMILES string of the molecule is CCCc1cccc2c1C(C(=O)N(CC(F)(F)F)n1cnc3cc(NC(=O)c4ccccc4)ccc31)c1ccccc1-2. The van der Waals surface area contributed by atoms with Crippen LogP contribution in [0.25, 0.3) is 22.2 Å². The first-order valence-electron chi connectivity index (χ1n) is 13.7. The van der Waals surface area contributed by atoms with Gasteiger partial charge in [-0.05, 0) is 64.6 Å². The molecule has 0 bridgehead atoms. The van der Waals surface area contributed by atoms with E-state index in [0.717, 1.165) is 38.4 Å². The second-order valence-electron chi connectivity index (χ2n) is 10.3. The summed E-state index contributed by atoms with van der Waals surface area (Å²) >= 11 is 0. The van der Waals surface area contributed by atoms with E-state index < -0.39 is 24.5 Å². The highest BCUT2D eigenvalue weighted by molar-refractivity contribution is 6.05. The standard InChI is InChI=1S/C33H27F3N4O2/c1-2-9-21-12-8-15-25-24-13-6-7-14-26(24)30(29(21)25)32(42)39(19-33(34,35)36)40-20-37-27-18-23(16-17-28(27)40)38-31(41)22-10-4-3-5-11-22/h3-8,10-18,20,30H,2,9,19H2,1H3,(H,38,41). The van der Waals surface area contributed by atoms with E-state index in [0.29, 0.717) is 34.3 Å². The largest absolute Gasteiger partial charge is 0.408 e. The van der Waals surface area contributed by atoms with E-state index in [2.05, 4.69) is 10.3 Å². The topological polar surface area (TPSA) is 67.2 Å². The van der Waals surface area contributed by atoms with Crippen LogP contribution in [0.4, 0.5) is 18.9 Å². The molecule has 42 heavy (non-hydrogen) atoms. The summed E-state index contributed by atoms with van der Waals surface area (Å²) in [6.45, 7) is 0.538. The van der Waals surface area contributed by atoms with Crippen LogP contribution in [0.3, 0.4) is 0 Å². The number of carbonyl (C=O) groups is 2. The van der Waals surface area contributed by atoms with Crippen LogP contribution in [-0.4, -0.2) is 34.2 Å². The van der Waals surface area contributed by atoms with Crippen LogP contribution in [0, 0.1) is 0 Å². The van der Waals surface area contributed by atoms with Crippen molar-refractivity contribution in [1.29, 1.82) is 0 Å². The Morgan fingerprint density at radius 3 is 2.43 bits per heavy atom. The number of amides is 2. The van der Waals surface area contributed by atoms with Crippen molar-refractivity contribution in [2.75, 3.05) is 16.9 Å². The van der Waals surface area contributed by atoms with E-state index in [9.17, 15) is 22.8 Å². The van der Waals surface area contributed by atoms with Crippen molar-refractivity contribution in [3.63, 3.8) is 0 Å². The highest BCUT2D eigenvalue weighted by atomic mass is 19.4. The highest BCUT2D eigenvalue weighted by Gasteiger charge is 2.42. The molecule has 0 saturated carbocycles. The van der Waals surface area contributed by atoms with Gasteiger partial charge in [0.2, 0.25) is 0 Å². The van der Waals surface area contributed by atoms with E-state index in [4.69, 9.17) is 0 Å². The number of fused-ring (bicyclic) bond motifs is 4. The summed E-state index contributed by atoms with van der Waals surface area (Å²) in [6.07, 6.45) is -1.92. The lowest BCUT2D eigenvalue weighted by Crippen LogP contribution is -2.48. The van der Waals surface area contributed by atoms with E-state index in [1.54, 1.807) is 54.6 Å². The van der Waals surface area contributed by atoms with Crippen molar-refractivity contribution in [1.82, 2.24) is 9.66 Å². The van der Waals surface area contributed by atoms with Crippen molar-refractivity contribution < 1.29 is 22.8 Å². The maximum absolute atomic E-state index is 14.3. The predicted octanol–water partition coefficient (Wildman–Crippen LogP) is 7.08. The zero-order valence-corrected chi connectivity index (χ0v) is 22.7. The Balaban J connectivity index is 1.40. The highest BCUT2D eigenvalue weighted by Crippen LogP contribution is 2.47. The lowest BCUT2D eigenvalue weighted by atomic mass is 9.90. The number of anilines is 1. The number of hydrogen-bond acceptors (Lipinski definition) is 3. The zero-order valence-electron chi connectivity index (χ0n) is 22.7. The predicted molar refractivity (Wildman–Crippen MR) is 156 cm³/mol. The number of benzene rings is 4. The van der Waals surface area contributed by atoms with Crippen molar-refractivity contribution in [3.8, 4) is 11.1 Å². The average Bonchev–Trinajstić information content (AvgIpc) is 3.55. The molecule has 0 spiro atoms. The third kappa shape index (κ3) is 5.02. The third-order valence-electron chi connectivity index (χ3n) is 7.48. The molecule has 1 unspecified atom stereocenters. The number of hydrogen-bond donors (Lipinski definition) is 1. The minimum Gasteiger partial charge on any atom is -0.322 e. The minimum atomic E-state index is -4.67. The van der Waals surface area contributed by atoms with Gasteiger partial charge in [-0.1, -0.05) is 74.0 Å². The van der Waals surface area contributed by atoms with Gasteiger partial charge in [0, 0.05) is 11.3 Å². The first-order chi connectivity index (χ1) is 20.2. The van der Waals surface area contributed by atoms with Crippen LogP contribution in [-0.2, 0) is 11.2 Å². The molecule has 0 saturated heterocycles. The minimum absolute atomic E-state index is 0.304. The van der Waals surface area contributed by atoms with Gasteiger partial charge >= 0.3 is 6.18 Å². The lowest BCUT2D eigenvalue weighted by molar-refractivity contribution is -0.136. The van der Waals surface area contributed by atoms with Crippen molar-refractivity contribution in [2.45, 2.75) is 31.9 Å². The molecule has 1 aromatic heterocycles. The second kappa shape index (κ2) is 10.8. The van der Waals surface area contributed by atoms with Crippen LogP contribution in [0.15, 0.2) is 97.3 Å². The number of alkyl halides is 3. The molecule has 1 aliphatic carbocycles.